The van der Waals surface area contributed by atoms with Crippen LogP contribution in [-0.2, 0) is 4.74 Å². The molecule has 0 aromatic heterocycles. The van der Waals surface area contributed by atoms with Gasteiger partial charge >= 0.3 is 0 Å². The predicted octanol–water partition coefficient (Wildman–Crippen LogP) is 5.72. The van der Waals surface area contributed by atoms with Crippen LogP contribution < -0.4 is 0 Å². The molecule has 0 spiro atoms. The van der Waals surface area contributed by atoms with Crippen molar-refractivity contribution in [1.82, 2.24) is 0 Å². The molecule has 0 amide bonds. The van der Waals surface area contributed by atoms with Crippen molar-refractivity contribution >= 4 is 0 Å². The molecule has 128 valence electrons. The lowest BCUT2D eigenvalue weighted by Crippen LogP contribution is -2.10. The summed E-state index contributed by atoms with van der Waals surface area (Å²) in [5, 5.41) is 9.76. The van der Waals surface area contributed by atoms with Gasteiger partial charge in [-0.3, -0.25) is 0 Å². The molecule has 0 aliphatic rings. The van der Waals surface area contributed by atoms with E-state index in [2.05, 4.69) is 13.8 Å². The minimum Gasteiger partial charge on any atom is -0.393 e. The van der Waals surface area contributed by atoms with Gasteiger partial charge in [0.05, 0.1) is 6.10 Å². The maximum absolute atomic E-state index is 9.76. The Balaban J connectivity index is 3.11. The monoisotopic (exact) mass is 300 g/mol. The summed E-state index contributed by atoms with van der Waals surface area (Å²) >= 11 is 0. The minimum absolute atomic E-state index is 0.155. The number of ether oxygens (including phenoxy) is 1. The molecule has 0 radical (unpaired) electrons. The van der Waals surface area contributed by atoms with E-state index in [0.29, 0.717) is 6.61 Å². The van der Waals surface area contributed by atoms with Crippen LogP contribution in [0.25, 0.3) is 0 Å². The first-order chi connectivity index (χ1) is 10.2. The molecule has 1 N–H and O–H groups in total. The zero-order chi connectivity index (χ0) is 15.8. The standard InChI is InChI=1S/C19H40O2/c1-4-18(3)14-12-10-8-6-7-9-11-13-15-19(20)16-17-21-5-2/h18-20H,4-17H2,1-3H3. The first-order valence-electron chi connectivity index (χ1n) is 9.46. The van der Waals surface area contributed by atoms with E-state index in [-0.39, 0.29) is 6.10 Å². The number of unbranched alkanes of at least 4 members (excludes halogenated alkanes) is 7. The Hall–Kier alpha value is -0.0800. The van der Waals surface area contributed by atoms with Crippen LogP contribution >= 0.6 is 0 Å². The average molecular weight is 301 g/mol. The average Bonchev–Trinajstić information content (AvgIpc) is 2.49. The van der Waals surface area contributed by atoms with Crippen molar-refractivity contribution in [3.8, 4) is 0 Å². The summed E-state index contributed by atoms with van der Waals surface area (Å²) in [6.45, 7) is 8.11. The second kappa shape index (κ2) is 16.3. The number of aliphatic hydroxyl groups excluding tert-OH is 1. The lowest BCUT2D eigenvalue weighted by atomic mass is 9.99. The van der Waals surface area contributed by atoms with Crippen LogP contribution in [0.2, 0.25) is 0 Å². The highest BCUT2D eigenvalue weighted by Crippen LogP contribution is 2.15. The highest BCUT2D eigenvalue weighted by atomic mass is 16.5. The van der Waals surface area contributed by atoms with Gasteiger partial charge in [0.25, 0.3) is 0 Å². The molecule has 0 aromatic rings. The molecule has 2 heteroatoms. The number of rotatable bonds is 16. The lowest BCUT2D eigenvalue weighted by Gasteiger charge is -2.10. The fraction of sp³-hybridized carbons (Fsp3) is 1.00. The van der Waals surface area contributed by atoms with Gasteiger partial charge in [0.2, 0.25) is 0 Å². The Kier molecular flexibility index (Phi) is 16.2. The summed E-state index contributed by atoms with van der Waals surface area (Å²) in [4.78, 5) is 0. The van der Waals surface area contributed by atoms with Crippen LogP contribution in [0.15, 0.2) is 0 Å². The minimum atomic E-state index is -0.155. The molecule has 0 rings (SSSR count). The fourth-order valence-corrected chi connectivity index (χ4v) is 2.65. The van der Waals surface area contributed by atoms with Gasteiger partial charge < -0.3 is 9.84 Å². The summed E-state index contributed by atoms with van der Waals surface area (Å²) in [5.41, 5.74) is 0. The van der Waals surface area contributed by atoms with Gasteiger partial charge in [0.1, 0.15) is 0 Å². The van der Waals surface area contributed by atoms with Crippen molar-refractivity contribution in [2.45, 2.75) is 104 Å². The third-order valence-electron chi connectivity index (χ3n) is 4.48. The Morgan fingerprint density at radius 1 is 0.762 bits per heavy atom. The third-order valence-corrected chi connectivity index (χ3v) is 4.48. The quantitative estimate of drug-likeness (QED) is 0.369. The highest BCUT2D eigenvalue weighted by molar-refractivity contribution is 4.56. The Bertz CT molecular complexity index is 194. The molecule has 0 heterocycles. The van der Waals surface area contributed by atoms with Crippen LogP contribution in [0.5, 0.6) is 0 Å². The Morgan fingerprint density at radius 3 is 1.81 bits per heavy atom. The predicted molar refractivity (Wildman–Crippen MR) is 92.7 cm³/mol. The normalized spacial score (nSPS) is 14.3. The van der Waals surface area contributed by atoms with Crippen molar-refractivity contribution < 1.29 is 9.84 Å². The molecule has 0 aliphatic heterocycles. The molecule has 0 aromatic carbocycles. The number of hydrogen-bond donors (Lipinski definition) is 1. The summed E-state index contributed by atoms with van der Waals surface area (Å²) < 4.78 is 5.26. The van der Waals surface area contributed by atoms with E-state index < -0.39 is 0 Å². The zero-order valence-corrected chi connectivity index (χ0v) is 14.9. The van der Waals surface area contributed by atoms with Gasteiger partial charge in [0.15, 0.2) is 0 Å². The number of hydrogen-bond acceptors (Lipinski definition) is 2. The lowest BCUT2D eigenvalue weighted by molar-refractivity contribution is 0.0828. The van der Waals surface area contributed by atoms with Crippen LogP contribution in [-0.4, -0.2) is 24.4 Å². The van der Waals surface area contributed by atoms with Crippen molar-refractivity contribution in [3.05, 3.63) is 0 Å². The molecule has 0 aliphatic carbocycles. The van der Waals surface area contributed by atoms with Gasteiger partial charge in [0, 0.05) is 13.2 Å². The molecule has 0 bridgehead atoms. The maximum atomic E-state index is 9.76. The zero-order valence-electron chi connectivity index (χ0n) is 14.9. The van der Waals surface area contributed by atoms with Gasteiger partial charge in [-0.25, -0.2) is 0 Å². The van der Waals surface area contributed by atoms with Crippen molar-refractivity contribution in [2.24, 2.45) is 5.92 Å². The summed E-state index contributed by atoms with van der Waals surface area (Å²) in [5.74, 6) is 0.916. The van der Waals surface area contributed by atoms with Crippen molar-refractivity contribution in [2.75, 3.05) is 13.2 Å². The molecule has 2 nitrogen and oxygen atoms in total. The summed E-state index contributed by atoms with van der Waals surface area (Å²) in [6, 6.07) is 0. The van der Waals surface area contributed by atoms with E-state index in [1.807, 2.05) is 6.92 Å². The summed E-state index contributed by atoms with van der Waals surface area (Å²) in [7, 11) is 0. The van der Waals surface area contributed by atoms with Crippen molar-refractivity contribution in [3.63, 3.8) is 0 Å². The second-order valence-electron chi connectivity index (χ2n) is 6.56. The highest BCUT2D eigenvalue weighted by Gasteiger charge is 2.03. The van der Waals surface area contributed by atoms with Crippen molar-refractivity contribution in [1.29, 1.82) is 0 Å². The van der Waals surface area contributed by atoms with E-state index in [1.54, 1.807) is 0 Å². The van der Waals surface area contributed by atoms with Crippen LogP contribution in [0.3, 0.4) is 0 Å². The molecule has 0 saturated heterocycles. The van der Waals surface area contributed by atoms with Crippen LogP contribution in [0.1, 0.15) is 97.8 Å². The summed E-state index contributed by atoms with van der Waals surface area (Å²) in [6.07, 6.45) is 15.1. The van der Waals surface area contributed by atoms with Gasteiger partial charge in [-0.2, -0.15) is 0 Å². The molecule has 2 atom stereocenters. The first-order valence-corrected chi connectivity index (χ1v) is 9.46. The van der Waals surface area contributed by atoms with E-state index in [1.165, 1.54) is 64.2 Å². The third kappa shape index (κ3) is 16.1. The van der Waals surface area contributed by atoms with Gasteiger partial charge in [-0.1, -0.05) is 78.1 Å². The largest absolute Gasteiger partial charge is 0.393 e. The topological polar surface area (TPSA) is 29.5 Å². The maximum Gasteiger partial charge on any atom is 0.0562 e. The Labute approximate surface area is 133 Å². The van der Waals surface area contributed by atoms with E-state index in [4.69, 9.17) is 4.74 Å². The molecule has 21 heavy (non-hydrogen) atoms. The van der Waals surface area contributed by atoms with E-state index in [9.17, 15) is 5.11 Å². The molecule has 2 unspecified atom stereocenters. The van der Waals surface area contributed by atoms with Crippen LogP contribution in [0.4, 0.5) is 0 Å². The van der Waals surface area contributed by atoms with Gasteiger partial charge in [-0.05, 0) is 25.7 Å². The molecule has 0 fully saturated rings. The second-order valence-corrected chi connectivity index (χ2v) is 6.56. The van der Waals surface area contributed by atoms with Crippen LogP contribution in [0, 0.1) is 5.92 Å². The Morgan fingerprint density at radius 2 is 1.29 bits per heavy atom. The van der Waals surface area contributed by atoms with E-state index in [0.717, 1.165) is 25.4 Å². The molecular weight excluding hydrogens is 260 g/mol. The van der Waals surface area contributed by atoms with Gasteiger partial charge in [-0.15, -0.1) is 0 Å². The smallest absolute Gasteiger partial charge is 0.0562 e. The molecule has 0 saturated carbocycles. The molecular formula is C19H40O2. The number of aliphatic hydroxyl groups is 1. The first kappa shape index (κ1) is 20.9. The van der Waals surface area contributed by atoms with E-state index >= 15 is 0 Å². The fourth-order valence-electron chi connectivity index (χ4n) is 2.65. The SMILES string of the molecule is CCOCCC(O)CCCCCCCCCCC(C)CC.